The van der Waals surface area contributed by atoms with Crippen LogP contribution >= 0.6 is 23.2 Å². The molecule has 3 aromatic carbocycles. The maximum atomic E-state index is 12.9. The minimum Gasteiger partial charge on any atom is -0.496 e. The summed E-state index contributed by atoms with van der Waals surface area (Å²) >= 11 is 12.4. The second kappa shape index (κ2) is 9.17. The van der Waals surface area contributed by atoms with Gasteiger partial charge in [0.15, 0.2) is 5.76 Å². The van der Waals surface area contributed by atoms with Crippen molar-refractivity contribution in [2.75, 3.05) is 14.2 Å². The highest BCUT2D eigenvalue weighted by Crippen LogP contribution is 2.41. The zero-order valence-electron chi connectivity index (χ0n) is 17.9. The summed E-state index contributed by atoms with van der Waals surface area (Å²) in [5.41, 5.74) is 1.45. The average molecular weight is 485 g/mol. The van der Waals surface area contributed by atoms with Crippen molar-refractivity contribution in [1.82, 2.24) is 0 Å². The van der Waals surface area contributed by atoms with Crippen molar-refractivity contribution in [3.63, 3.8) is 0 Å². The van der Waals surface area contributed by atoms with Gasteiger partial charge >= 0.3 is 5.97 Å². The van der Waals surface area contributed by atoms with E-state index >= 15 is 0 Å². The topological polar surface area (TPSA) is 71.1 Å². The molecule has 0 radical (unpaired) electrons. The van der Waals surface area contributed by atoms with Crippen LogP contribution in [0.4, 0.5) is 0 Å². The van der Waals surface area contributed by atoms with E-state index in [1.165, 1.54) is 20.3 Å². The van der Waals surface area contributed by atoms with Crippen LogP contribution in [0.2, 0.25) is 10.0 Å². The molecule has 0 saturated heterocycles. The Balaban J connectivity index is 1.67. The van der Waals surface area contributed by atoms with E-state index in [1.807, 2.05) is 0 Å². The molecule has 33 heavy (non-hydrogen) atoms. The number of fused-ring (bicyclic) bond motifs is 1. The number of esters is 1. The summed E-state index contributed by atoms with van der Waals surface area (Å²) in [6, 6.07) is 13.1. The monoisotopic (exact) mass is 484 g/mol. The quantitative estimate of drug-likeness (QED) is 0.245. The highest BCUT2D eigenvalue weighted by atomic mass is 35.5. The van der Waals surface area contributed by atoms with Crippen LogP contribution in [0.1, 0.15) is 31.8 Å². The fraction of sp³-hybridized carbons (Fsp3) is 0.120. The summed E-state index contributed by atoms with van der Waals surface area (Å²) in [5, 5.41) is 0.777. The van der Waals surface area contributed by atoms with Crippen LogP contribution in [0.3, 0.4) is 0 Å². The summed E-state index contributed by atoms with van der Waals surface area (Å²) in [6.07, 6.45) is 1.50. The number of hydrogen-bond acceptors (Lipinski definition) is 6. The molecule has 3 aromatic rings. The molecule has 168 valence electrons. The molecule has 0 aliphatic carbocycles. The second-order valence-electron chi connectivity index (χ2n) is 7.07. The molecule has 8 heteroatoms. The lowest BCUT2D eigenvalue weighted by Gasteiger charge is -2.14. The standard InChI is InChI=1S/C25H18Cl2O6/c1-13-18(33-25(29)22-19(30-2)8-5-9-20(22)31-3)11-10-14-23(28)21(32-24(13)14)12-15-16(26)6-4-7-17(15)27/h4-12H,1-3H3/b21-12-. The van der Waals surface area contributed by atoms with Crippen LogP contribution in [0.25, 0.3) is 6.08 Å². The van der Waals surface area contributed by atoms with Crippen molar-refractivity contribution in [1.29, 1.82) is 0 Å². The van der Waals surface area contributed by atoms with Crippen molar-refractivity contribution >= 4 is 41.0 Å². The van der Waals surface area contributed by atoms with E-state index in [0.717, 1.165) is 0 Å². The van der Waals surface area contributed by atoms with Gasteiger partial charge < -0.3 is 18.9 Å². The Kier molecular flexibility index (Phi) is 6.31. The summed E-state index contributed by atoms with van der Waals surface area (Å²) < 4.78 is 22.0. The van der Waals surface area contributed by atoms with Crippen LogP contribution in [-0.4, -0.2) is 26.0 Å². The highest BCUT2D eigenvalue weighted by Gasteiger charge is 2.31. The third kappa shape index (κ3) is 4.15. The molecule has 6 nitrogen and oxygen atoms in total. The van der Waals surface area contributed by atoms with Crippen LogP contribution < -0.4 is 18.9 Å². The molecule has 0 amide bonds. The van der Waals surface area contributed by atoms with E-state index in [9.17, 15) is 9.59 Å². The van der Waals surface area contributed by atoms with E-state index in [1.54, 1.807) is 55.5 Å². The van der Waals surface area contributed by atoms with Gasteiger partial charge in [-0.15, -0.1) is 0 Å². The fourth-order valence-electron chi connectivity index (χ4n) is 3.46. The molecule has 0 aromatic heterocycles. The van der Waals surface area contributed by atoms with Crippen LogP contribution in [0, 0.1) is 6.92 Å². The highest BCUT2D eigenvalue weighted by molar-refractivity contribution is 6.37. The number of allylic oxidation sites excluding steroid dienone is 1. The normalized spacial score (nSPS) is 13.5. The summed E-state index contributed by atoms with van der Waals surface area (Å²) in [5.74, 6) is 0.225. The van der Waals surface area contributed by atoms with Crippen LogP contribution in [-0.2, 0) is 0 Å². The lowest BCUT2D eigenvalue weighted by molar-refractivity contribution is 0.0726. The Morgan fingerprint density at radius 3 is 2.12 bits per heavy atom. The molecule has 0 spiro atoms. The lowest BCUT2D eigenvalue weighted by Crippen LogP contribution is -2.12. The SMILES string of the molecule is COc1cccc(OC)c1C(=O)Oc1ccc2c(c1C)O/C(=C\c1c(Cl)cccc1Cl)C2=O. The van der Waals surface area contributed by atoms with Gasteiger partial charge in [0.25, 0.3) is 0 Å². The molecule has 0 atom stereocenters. The number of methoxy groups -OCH3 is 2. The minimum atomic E-state index is -0.671. The molecule has 4 rings (SSSR count). The first-order valence-corrected chi connectivity index (χ1v) is 10.6. The maximum Gasteiger partial charge on any atom is 0.351 e. The van der Waals surface area contributed by atoms with Crippen molar-refractivity contribution < 1.29 is 28.5 Å². The average Bonchev–Trinajstić information content (AvgIpc) is 3.13. The first-order chi connectivity index (χ1) is 15.8. The molecule has 1 heterocycles. The lowest BCUT2D eigenvalue weighted by atomic mass is 10.1. The summed E-state index contributed by atoms with van der Waals surface area (Å²) in [7, 11) is 2.90. The van der Waals surface area contributed by atoms with Gasteiger partial charge in [-0.25, -0.2) is 4.79 Å². The number of carbonyl (C=O) groups excluding carboxylic acids is 2. The molecule has 1 aliphatic rings. The van der Waals surface area contributed by atoms with Gasteiger partial charge in [-0.05, 0) is 49.4 Å². The van der Waals surface area contributed by atoms with Crippen molar-refractivity contribution in [2.24, 2.45) is 0 Å². The van der Waals surface area contributed by atoms with Gasteiger partial charge in [0.1, 0.15) is 28.6 Å². The van der Waals surface area contributed by atoms with E-state index in [4.69, 9.17) is 42.1 Å². The Hall–Kier alpha value is -3.48. The number of Topliss-reactive ketones (excluding diaryl/α,β-unsaturated/α-hetero) is 1. The smallest absolute Gasteiger partial charge is 0.351 e. The zero-order valence-corrected chi connectivity index (χ0v) is 19.4. The first kappa shape index (κ1) is 22.7. The number of ketones is 1. The number of ether oxygens (including phenoxy) is 4. The Morgan fingerprint density at radius 1 is 0.909 bits per heavy atom. The molecular formula is C25H18Cl2O6. The molecule has 0 N–H and O–H groups in total. The molecular weight excluding hydrogens is 467 g/mol. The van der Waals surface area contributed by atoms with Crippen molar-refractivity contribution in [2.45, 2.75) is 6.92 Å². The van der Waals surface area contributed by atoms with Crippen molar-refractivity contribution in [3.05, 3.63) is 86.6 Å². The fourth-order valence-corrected chi connectivity index (χ4v) is 3.97. The van der Waals surface area contributed by atoms with E-state index in [-0.39, 0.29) is 22.9 Å². The number of benzene rings is 3. The summed E-state index contributed by atoms with van der Waals surface area (Å²) in [4.78, 5) is 25.8. The number of hydrogen-bond donors (Lipinski definition) is 0. The van der Waals surface area contributed by atoms with Gasteiger partial charge in [0.2, 0.25) is 5.78 Å². The zero-order chi connectivity index (χ0) is 23.7. The molecule has 0 unspecified atom stereocenters. The summed E-state index contributed by atoms with van der Waals surface area (Å²) in [6.45, 7) is 1.69. The molecule has 0 bridgehead atoms. The van der Waals surface area contributed by atoms with Gasteiger partial charge in [0, 0.05) is 21.2 Å². The number of carbonyl (C=O) groups is 2. The molecule has 0 saturated carbocycles. The predicted molar refractivity (Wildman–Crippen MR) is 125 cm³/mol. The minimum absolute atomic E-state index is 0.0676. The Labute approximate surface area is 200 Å². The predicted octanol–water partition coefficient (Wildman–Crippen LogP) is 6.15. The molecule has 0 fully saturated rings. The van der Waals surface area contributed by atoms with E-state index < -0.39 is 5.97 Å². The van der Waals surface area contributed by atoms with Gasteiger partial charge in [0.05, 0.1) is 19.8 Å². The molecule has 1 aliphatic heterocycles. The van der Waals surface area contributed by atoms with Gasteiger partial charge in [-0.3, -0.25) is 4.79 Å². The van der Waals surface area contributed by atoms with Gasteiger partial charge in [-0.2, -0.15) is 0 Å². The maximum absolute atomic E-state index is 12.9. The third-order valence-corrected chi connectivity index (χ3v) is 5.81. The van der Waals surface area contributed by atoms with Crippen LogP contribution in [0.15, 0.2) is 54.3 Å². The first-order valence-electron chi connectivity index (χ1n) is 9.80. The van der Waals surface area contributed by atoms with Gasteiger partial charge in [-0.1, -0.05) is 35.3 Å². The Bertz CT molecular complexity index is 1270. The van der Waals surface area contributed by atoms with Crippen LogP contribution in [0.5, 0.6) is 23.0 Å². The number of halogens is 2. The second-order valence-corrected chi connectivity index (χ2v) is 7.88. The number of rotatable bonds is 5. The third-order valence-electron chi connectivity index (χ3n) is 5.15. The largest absolute Gasteiger partial charge is 0.496 e. The van der Waals surface area contributed by atoms with Crippen molar-refractivity contribution in [3.8, 4) is 23.0 Å². The van der Waals surface area contributed by atoms with E-state index in [2.05, 4.69) is 0 Å². The Morgan fingerprint density at radius 2 is 1.52 bits per heavy atom. The van der Waals surface area contributed by atoms with E-state index in [0.29, 0.717) is 44.0 Å².